The van der Waals surface area contributed by atoms with Crippen LogP contribution in [0.2, 0.25) is 0 Å². The third kappa shape index (κ3) is 4.23. The smallest absolute Gasteiger partial charge is 0.254 e. The van der Waals surface area contributed by atoms with E-state index in [0.29, 0.717) is 17.8 Å². The van der Waals surface area contributed by atoms with Gasteiger partial charge in [-0.15, -0.1) is 0 Å². The third-order valence-electron chi connectivity index (χ3n) is 2.94. The van der Waals surface area contributed by atoms with Gasteiger partial charge in [0.1, 0.15) is 0 Å². The van der Waals surface area contributed by atoms with Gasteiger partial charge in [-0.25, -0.2) is 0 Å². The van der Waals surface area contributed by atoms with E-state index in [-0.39, 0.29) is 18.4 Å². The molecule has 0 saturated carbocycles. The van der Waals surface area contributed by atoms with Crippen molar-refractivity contribution in [2.45, 2.75) is 20.3 Å². The van der Waals surface area contributed by atoms with Gasteiger partial charge in [-0.05, 0) is 31.0 Å². The molecular weight excluding hydrogens is 322 g/mol. The van der Waals surface area contributed by atoms with Crippen LogP contribution in [0.3, 0.4) is 0 Å². The lowest BCUT2D eigenvalue weighted by Crippen LogP contribution is -2.38. The predicted octanol–water partition coefficient (Wildman–Crippen LogP) is 1.94. The molecule has 0 fully saturated rings. The Morgan fingerprint density at radius 1 is 1.40 bits per heavy atom. The van der Waals surface area contributed by atoms with Crippen molar-refractivity contribution in [3.05, 3.63) is 27.7 Å². The first-order valence-corrected chi connectivity index (χ1v) is 7.23. The van der Waals surface area contributed by atoms with Crippen molar-refractivity contribution in [3.63, 3.8) is 0 Å². The van der Waals surface area contributed by atoms with Gasteiger partial charge in [-0.2, -0.15) is 0 Å². The highest BCUT2D eigenvalue weighted by Crippen LogP contribution is 2.23. The molecule has 0 aliphatic heterocycles. The van der Waals surface area contributed by atoms with Crippen molar-refractivity contribution in [3.8, 4) is 0 Å². The Balaban J connectivity index is 2.82. The lowest BCUT2D eigenvalue weighted by Gasteiger charge is -2.18. The normalized spacial score (nSPS) is 10.2. The molecule has 0 heterocycles. The minimum absolute atomic E-state index is 0.0324. The number of likely N-dealkylation sites (N-methyl/N-ethyl adjacent to an activating group) is 1. The summed E-state index contributed by atoms with van der Waals surface area (Å²) < 4.78 is 0.743. The number of carbonyl (C=O) groups is 2. The van der Waals surface area contributed by atoms with Gasteiger partial charge in [0.25, 0.3) is 5.91 Å². The van der Waals surface area contributed by atoms with E-state index >= 15 is 0 Å². The second-order valence-corrected chi connectivity index (χ2v) is 5.59. The zero-order valence-electron chi connectivity index (χ0n) is 12.0. The van der Waals surface area contributed by atoms with Crippen molar-refractivity contribution in [2.24, 2.45) is 0 Å². The third-order valence-corrected chi connectivity index (χ3v) is 3.40. The Morgan fingerprint density at radius 2 is 2.05 bits per heavy atom. The molecule has 1 aromatic carbocycles. The van der Waals surface area contributed by atoms with Gasteiger partial charge in [-0.1, -0.05) is 22.9 Å². The Kier molecular flexibility index (Phi) is 6.01. The van der Waals surface area contributed by atoms with E-state index in [2.05, 4.69) is 21.2 Å². The first-order valence-electron chi connectivity index (χ1n) is 6.44. The predicted molar refractivity (Wildman–Crippen MR) is 83.6 cm³/mol. The number of nitrogens with two attached hydrogens (primary N) is 1. The number of nitrogens with one attached hydrogen (secondary N) is 1. The molecule has 1 aromatic rings. The summed E-state index contributed by atoms with van der Waals surface area (Å²) in [7, 11) is 1.60. The van der Waals surface area contributed by atoms with Gasteiger partial charge < -0.3 is 16.0 Å². The number of hydrogen-bond donors (Lipinski definition) is 2. The minimum Gasteiger partial charge on any atom is -0.398 e. The van der Waals surface area contributed by atoms with E-state index < -0.39 is 0 Å². The molecule has 2 amide bonds. The van der Waals surface area contributed by atoms with Gasteiger partial charge in [0.2, 0.25) is 5.91 Å². The first-order chi connectivity index (χ1) is 9.36. The van der Waals surface area contributed by atoms with Crippen LogP contribution >= 0.6 is 15.9 Å². The van der Waals surface area contributed by atoms with Crippen LogP contribution in [0.25, 0.3) is 0 Å². The minimum atomic E-state index is -0.220. The van der Waals surface area contributed by atoms with Gasteiger partial charge in [0.05, 0.1) is 6.54 Å². The second-order valence-electron chi connectivity index (χ2n) is 4.68. The molecule has 0 aliphatic carbocycles. The number of rotatable bonds is 5. The van der Waals surface area contributed by atoms with E-state index in [0.717, 1.165) is 16.5 Å². The summed E-state index contributed by atoms with van der Waals surface area (Å²) in [5.41, 5.74) is 7.62. The fourth-order valence-corrected chi connectivity index (χ4v) is 2.21. The topological polar surface area (TPSA) is 75.4 Å². The molecule has 5 nitrogen and oxygen atoms in total. The van der Waals surface area contributed by atoms with Crippen molar-refractivity contribution >= 4 is 33.4 Å². The molecule has 20 heavy (non-hydrogen) atoms. The largest absolute Gasteiger partial charge is 0.398 e. The Bertz CT molecular complexity index is 517. The number of hydrogen-bond acceptors (Lipinski definition) is 3. The molecule has 0 spiro atoms. The number of anilines is 1. The molecule has 3 N–H and O–H groups in total. The molecule has 6 heteroatoms. The Labute approximate surface area is 127 Å². The first kappa shape index (κ1) is 16.5. The summed E-state index contributed by atoms with van der Waals surface area (Å²) >= 11 is 3.32. The second kappa shape index (κ2) is 7.28. The maximum atomic E-state index is 12.3. The summed E-state index contributed by atoms with van der Waals surface area (Å²) in [4.78, 5) is 25.4. The SMILES string of the molecule is CCCNC(=O)CN(C)C(=O)c1cc(Br)cc(N)c1C. The molecule has 110 valence electrons. The van der Waals surface area contributed by atoms with Crippen LogP contribution < -0.4 is 11.1 Å². The number of halogens is 1. The van der Waals surface area contributed by atoms with Gasteiger partial charge in [0.15, 0.2) is 0 Å². The van der Waals surface area contributed by atoms with E-state index in [4.69, 9.17) is 5.73 Å². The summed E-state index contributed by atoms with van der Waals surface area (Å²) in [5.74, 6) is -0.384. The fraction of sp³-hybridized carbons (Fsp3) is 0.429. The highest BCUT2D eigenvalue weighted by atomic mass is 79.9. The van der Waals surface area contributed by atoms with E-state index in [9.17, 15) is 9.59 Å². The quantitative estimate of drug-likeness (QED) is 0.803. The number of carbonyl (C=O) groups excluding carboxylic acids is 2. The van der Waals surface area contributed by atoms with Crippen molar-refractivity contribution < 1.29 is 9.59 Å². The van der Waals surface area contributed by atoms with E-state index in [1.807, 2.05) is 6.92 Å². The Hall–Kier alpha value is -1.56. The van der Waals surface area contributed by atoms with Crippen molar-refractivity contribution in [2.75, 3.05) is 25.9 Å². The monoisotopic (exact) mass is 341 g/mol. The molecule has 0 saturated heterocycles. The standard InChI is InChI=1S/C14H20BrN3O2/c1-4-5-17-13(19)8-18(3)14(20)11-6-10(15)7-12(16)9(11)2/h6-7H,4-5,8,16H2,1-3H3,(H,17,19). The zero-order valence-corrected chi connectivity index (χ0v) is 13.6. The van der Waals surface area contributed by atoms with Gasteiger partial charge >= 0.3 is 0 Å². The summed E-state index contributed by atoms with van der Waals surface area (Å²) in [6.45, 7) is 4.41. The van der Waals surface area contributed by atoms with Crippen LogP contribution in [0.5, 0.6) is 0 Å². The average molecular weight is 342 g/mol. The Morgan fingerprint density at radius 3 is 2.65 bits per heavy atom. The summed E-state index contributed by atoms with van der Waals surface area (Å²) in [6, 6.07) is 3.47. The molecule has 0 unspecified atom stereocenters. The zero-order chi connectivity index (χ0) is 15.3. The van der Waals surface area contributed by atoms with Gasteiger partial charge in [0, 0.05) is 29.3 Å². The molecule has 0 aromatic heterocycles. The van der Waals surface area contributed by atoms with Crippen LogP contribution in [0.1, 0.15) is 29.3 Å². The van der Waals surface area contributed by atoms with Crippen LogP contribution in [-0.2, 0) is 4.79 Å². The lowest BCUT2D eigenvalue weighted by molar-refractivity contribution is -0.121. The molecule has 0 radical (unpaired) electrons. The number of nitrogens with zero attached hydrogens (tertiary/aromatic N) is 1. The molecule has 0 atom stereocenters. The summed E-state index contributed by atoms with van der Waals surface area (Å²) in [5, 5.41) is 2.74. The molecule has 0 bridgehead atoms. The maximum absolute atomic E-state index is 12.3. The lowest BCUT2D eigenvalue weighted by atomic mass is 10.1. The fourth-order valence-electron chi connectivity index (χ4n) is 1.74. The van der Waals surface area contributed by atoms with Crippen molar-refractivity contribution in [1.29, 1.82) is 0 Å². The average Bonchev–Trinajstić information content (AvgIpc) is 2.39. The number of nitrogen functional groups attached to an aromatic ring is 1. The van der Waals surface area contributed by atoms with Gasteiger partial charge in [-0.3, -0.25) is 9.59 Å². The van der Waals surface area contributed by atoms with Crippen LogP contribution in [0.15, 0.2) is 16.6 Å². The highest BCUT2D eigenvalue weighted by Gasteiger charge is 2.18. The molecular formula is C14H20BrN3O2. The van der Waals surface area contributed by atoms with Crippen LogP contribution in [0.4, 0.5) is 5.69 Å². The van der Waals surface area contributed by atoms with Crippen LogP contribution in [-0.4, -0.2) is 36.9 Å². The molecule has 0 aliphatic rings. The van der Waals surface area contributed by atoms with E-state index in [1.165, 1.54) is 4.90 Å². The highest BCUT2D eigenvalue weighted by molar-refractivity contribution is 9.10. The molecule has 1 rings (SSSR count). The van der Waals surface area contributed by atoms with Crippen molar-refractivity contribution in [1.82, 2.24) is 10.2 Å². The summed E-state index contributed by atoms with van der Waals surface area (Å²) in [6.07, 6.45) is 0.866. The maximum Gasteiger partial charge on any atom is 0.254 e. The van der Waals surface area contributed by atoms with Crippen LogP contribution in [0, 0.1) is 6.92 Å². The van der Waals surface area contributed by atoms with E-state index in [1.54, 1.807) is 26.1 Å². The number of benzene rings is 1. The number of amides is 2.